The molecule has 6 heteroatoms. The van der Waals surface area contributed by atoms with Crippen LogP contribution in [0.15, 0.2) is 30.3 Å². The lowest BCUT2D eigenvalue weighted by Gasteiger charge is -2.36. The van der Waals surface area contributed by atoms with Gasteiger partial charge in [0, 0.05) is 37.2 Å². The van der Waals surface area contributed by atoms with Crippen molar-refractivity contribution in [3.63, 3.8) is 0 Å². The van der Waals surface area contributed by atoms with Gasteiger partial charge in [-0.3, -0.25) is 14.6 Å². The van der Waals surface area contributed by atoms with Crippen LogP contribution in [-0.4, -0.2) is 58.4 Å². The van der Waals surface area contributed by atoms with Gasteiger partial charge in [-0.15, -0.1) is 0 Å². The Morgan fingerprint density at radius 2 is 1.96 bits per heavy atom. The minimum atomic E-state index is -0.772. The predicted molar refractivity (Wildman–Crippen MR) is 97.0 cm³/mol. The molecular formula is C18H25N3O2S. The summed E-state index contributed by atoms with van der Waals surface area (Å²) in [7, 11) is 0. The molecule has 2 heterocycles. The lowest BCUT2D eigenvalue weighted by Crippen LogP contribution is -2.41. The van der Waals surface area contributed by atoms with Crippen LogP contribution in [0.25, 0.3) is 0 Å². The summed E-state index contributed by atoms with van der Waals surface area (Å²) < 4.78 is 0. The SMILES string of the molecule is CC1(C)NC(=O)N(CCCN2CCSC[C@@H]2c2ccccc2)C1=O. The average molecular weight is 347 g/mol. The van der Waals surface area contributed by atoms with Gasteiger partial charge in [0.25, 0.3) is 5.91 Å². The van der Waals surface area contributed by atoms with Crippen molar-refractivity contribution >= 4 is 23.7 Å². The number of carbonyl (C=O) groups excluding carboxylic acids is 2. The van der Waals surface area contributed by atoms with Crippen LogP contribution in [0.5, 0.6) is 0 Å². The smallest absolute Gasteiger partial charge is 0.324 e. The number of carbonyl (C=O) groups is 2. The van der Waals surface area contributed by atoms with Crippen LogP contribution in [0.4, 0.5) is 4.79 Å². The number of thioether (sulfide) groups is 1. The maximum atomic E-state index is 12.2. The first kappa shape index (κ1) is 17.3. The second-order valence-electron chi connectivity index (χ2n) is 6.90. The van der Waals surface area contributed by atoms with Crippen LogP contribution in [0, 0.1) is 0 Å². The third-order valence-electron chi connectivity index (χ3n) is 4.70. The first-order chi connectivity index (χ1) is 11.5. The maximum Gasteiger partial charge on any atom is 0.325 e. The van der Waals surface area contributed by atoms with Crippen LogP contribution >= 0.6 is 11.8 Å². The third kappa shape index (κ3) is 3.59. The maximum absolute atomic E-state index is 12.2. The summed E-state index contributed by atoms with van der Waals surface area (Å²) in [5.74, 6) is 2.11. The molecule has 1 aromatic carbocycles. The molecule has 2 saturated heterocycles. The van der Waals surface area contributed by atoms with Crippen molar-refractivity contribution in [2.24, 2.45) is 0 Å². The van der Waals surface area contributed by atoms with E-state index in [-0.39, 0.29) is 11.9 Å². The predicted octanol–water partition coefficient (Wildman–Crippen LogP) is 2.50. The summed E-state index contributed by atoms with van der Waals surface area (Å²) in [6, 6.07) is 10.7. The van der Waals surface area contributed by atoms with E-state index in [1.807, 2.05) is 17.8 Å². The summed E-state index contributed by atoms with van der Waals surface area (Å²) in [5, 5.41) is 2.74. The molecule has 0 radical (unpaired) electrons. The van der Waals surface area contributed by atoms with Gasteiger partial charge in [0.2, 0.25) is 0 Å². The molecule has 1 aromatic rings. The highest BCUT2D eigenvalue weighted by Gasteiger charge is 2.43. The van der Waals surface area contributed by atoms with Gasteiger partial charge in [-0.25, -0.2) is 4.79 Å². The molecule has 1 N–H and O–H groups in total. The zero-order valence-corrected chi connectivity index (χ0v) is 15.1. The van der Waals surface area contributed by atoms with Gasteiger partial charge >= 0.3 is 6.03 Å². The number of nitrogens with one attached hydrogen (secondary N) is 1. The van der Waals surface area contributed by atoms with Crippen LogP contribution in [0.1, 0.15) is 31.9 Å². The van der Waals surface area contributed by atoms with Crippen molar-refractivity contribution in [2.75, 3.05) is 31.1 Å². The Labute approximate surface area is 147 Å². The highest BCUT2D eigenvalue weighted by atomic mass is 32.2. The van der Waals surface area contributed by atoms with Crippen molar-refractivity contribution < 1.29 is 9.59 Å². The topological polar surface area (TPSA) is 52.7 Å². The fourth-order valence-corrected chi connectivity index (χ4v) is 4.50. The molecular weight excluding hydrogens is 322 g/mol. The van der Waals surface area contributed by atoms with Crippen LogP contribution < -0.4 is 5.32 Å². The molecule has 24 heavy (non-hydrogen) atoms. The highest BCUT2D eigenvalue weighted by Crippen LogP contribution is 2.29. The van der Waals surface area contributed by atoms with E-state index in [4.69, 9.17) is 0 Å². The average Bonchev–Trinajstić information content (AvgIpc) is 2.77. The zero-order chi connectivity index (χ0) is 17.2. The molecule has 2 aliphatic heterocycles. The number of hydrogen-bond acceptors (Lipinski definition) is 4. The summed E-state index contributed by atoms with van der Waals surface area (Å²) >= 11 is 1.99. The van der Waals surface area contributed by atoms with Crippen molar-refractivity contribution in [3.05, 3.63) is 35.9 Å². The summed E-state index contributed by atoms with van der Waals surface area (Å²) in [6.45, 7) is 5.94. The van der Waals surface area contributed by atoms with Gasteiger partial charge in [0.05, 0.1) is 0 Å². The summed E-state index contributed by atoms with van der Waals surface area (Å²) in [4.78, 5) is 28.0. The fraction of sp³-hybridized carbons (Fsp3) is 0.556. The summed E-state index contributed by atoms with van der Waals surface area (Å²) in [5.41, 5.74) is 0.576. The highest BCUT2D eigenvalue weighted by molar-refractivity contribution is 7.99. The van der Waals surface area contributed by atoms with Gasteiger partial charge in [-0.1, -0.05) is 30.3 Å². The first-order valence-corrected chi connectivity index (χ1v) is 9.65. The minimum absolute atomic E-state index is 0.124. The van der Waals surface area contributed by atoms with Crippen LogP contribution in [-0.2, 0) is 4.79 Å². The number of hydrogen-bond donors (Lipinski definition) is 1. The van der Waals surface area contributed by atoms with Crippen LogP contribution in [0.2, 0.25) is 0 Å². The van der Waals surface area contributed by atoms with Gasteiger partial charge in [-0.05, 0) is 25.8 Å². The Kier molecular flexibility index (Phi) is 5.15. The number of nitrogens with zero attached hydrogens (tertiary/aromatic N) is 2. The molecule has 130 valence electrons. The standard InChI is InChI=1S/C18H25N3O2S/c1-18(2)16(22)21(17(23)19-18)10-6-9-20-11-12-24-13-15(20)14-7-4-3-5-8-14/h3-5,7-8,15H,6,9-13H2,1-2H3,(H,19,23)/t15-/m1/s1. The Morgan fingerprint density at radius 1 is 1.21 bits per heavy atom. The molecule has 0 saturated carbocycles. The first-order valence-electron chi connectivity index (χ1n) is 8.50. The Balaban J connectivity index is 1.57. The molecule has 0 bridgehead atoms. The van der Waals surface area contributed by atoms with E-state index >= 15 is 0 Å². The Bertz CT molecular complexity index is 606. The van der Waals surface area contributed by atoms with Crippen molar-refractivity contribution in [1.29, 1.82) is 0 Å². The van der Waals surface area contributed by atoms with Gasteiger partial charge in [0.1, 0.15) is 5.54 Å². The molecule has 2 fully saturated rings. The number of amides is 3. The van der Waals surface area contributed by atoms with Gasteiger partial charge < -0.3 is 5.32 Å². The van der Waals surface area contributed by atoms with Crippen molar-refractivity contribution in [1.82, 2.24) is 15.1 Å². The quantitative estimate of drug-likeness (QED) is 0.832. The molecule has 0 spiro atoms. The number of rotatable bonds is 5. The lowest BCUT2D eigenvalue weighted by atomic mass is 10.1. The largest absolute Gasteiger partial charge is 0.325 e. The number of benzene rings is 1. The van der Waals surface area contributed by atoms with E-state index in [1.165, 1.54) is 10.5 Å². The summed E-state index contributed by atoms with van der Waals surface area (Å²) in [6.07, 6.45) is 0.809. The third-order valence-corrected chi connectivity index (χ3v) is 5.72. The molecule has 3 rings (SSSR count). The number of imide groups is 1. The Hall–Kier alpha value is -1.53. The second kappa shape index (κ2) is 7.15. The normalized spacial score (nSPS) is 24.2. The molecule has 0 unspecified atom stereocenters. The van der Waals surface area contributed by atoms with Crippen LogP contribution in [0.3, 0.4) is 0 Å². The Morgan fingerprint density at radius 3 is 2.62 bits per heavy atom. The minimum Gasteiger partial charge on any atom is -0.324 e. The zero-order valence-electron chi connectivity index (χ0n) is 14.3. The molecule has 1 atom stereocenters. The molecule has 0 aliphatic carbocycles. The van der Waals surface area contributed by atoms with E-state index in [1.54, 1.807) is 13.8 Å². The van der Waals surface area contributed by atoms with E-state index in [9.17, 15) is 9.59 Å². The lowest BCUT2D eigenvalue weighted by molar-refractivity contribution is -0.130. The number of urea groups is 1. The molecule has 3 amide bonds. The van der Waals surface area contributed by atoms with E-state index < -0.39 is 5.54 Å². The van der Waals surface area contributed by atoms with E-state index in [2.05, 4.69) is 34.5 Å². The van der Waals surface area contributed by atoms with E-state index in [0.717, 1.165) is 31.0 Å². The van der Waals surface area contributed by atoms with Crippen molar-refractivity contribution in [3.8, 4) is 0 Å². The molecule has 2 aliphatic rings. The van der Waals surface area contributed by atoms with Gasteiger partial charge in [-0.2, -0.15) is 11.8 Å². The second-order valence-corrected chi connectivity index (χ2v) is 8.05. The van der Waals surface area contributed by atoms with Gasteiger partial charge in [0.15, 0.2) is 0 Å². The van der Waals surface area contributed by atoms with Crippen molar-refractivity contribution in [2.45, 2.75) is 31.8 Å². The fourth-order valence-electron chi connectivity index (χ4n) is 3.34. The molecule has 0 aromatic heterocycles. The molecule has 5 nitrogen and oxygen atoms in total. The monoisotopic (exact) mass is 347 g/mol. The van der Waals surface area contributed by atoms with E-state index in [0.29, 0.717) is 12.6 Å².